The second-order valence-electron chi connectivity index (χ2n) is 7.00. The number of nitrogens with one attached hydrogen (secondary N) is 1. The van der Waals surface area contributed by atoms with Gasteiger partial charge in [0.25, 0.3) is 15.9 Å². The molecule has 7 nitrogen and oxygen atoms in total. The molecule has 3 aromatic carbocycles. The molecule has 3 aromatic rings. The number of methoxy groups -OCH3 is 2. The van der Waals surface area contributed by atoms with Crippen LogP contribution in [0.5, 0.6) is 11.5 Å². The van der Waals surface area contributed by atoms with Gasteiger partial charge in [0.15, 0.2) is 0 Å². The van der Waals surface area contributed by atoms with Crippen molar-refractivity contribution in [2.45, 2.75) is 11.3 Å². The first-order chi connectivity index (χ1) is 14.9. The Morgan fingerprint density at radius 1 is 0.968 bits per heavy atom. The van der Waals surface area contributed by atoms with Crippen molar-refractivity contribution < 1.29 is 22.7 Å². The molecule has 0 saturated heterocycles. The first-order valence-electron chi connectivity index (χ1n) is 9.68. The zero-order valence-electron chi connectivity index (χ0n) is 17.2. The van der Waals surface area contributed by atoms with Crippen LogP contribution in [-0.2, 0) is 16.4 Å². The molecule has 1 heterocycles. The van der Waals surface area contributed by atoms with Gasteiger partial charge in [-0.2, -0.15) is 0 Å². The van der Waals surface area contributed by atoms with Crippen molar-refractivity contribution in [3.63, 3.8) is 0 Å². The largest absolute Gasteiger partial charge is 0.497 e. The van der Waals surface area contributed by atoms with Crippen LogP contribution >= 0.6 is 0 Å². The molecule has 4 rings (SSSR count). The SMILES string of the molecule is COc1ccc(OC)c(NC(=O)c2ccc(S(=O)(=O)N3CCc4ccccc43)cc2)c1. The summed E-state index contributed by atoms with van der Waals surface area (Å²) in [5.41, 5.74) is 2.49. The molecule has 0 aliphatic carbocycles. The molecule has 0 radical (unpaired) electrons. The predicted octanol–water partition coefficient (Wildman–Crippen LogP) is 3.71. The molecule has 0 spiro atoms. The molecule has 1 N–H and O–H groups in total. The first-order valence-corrected chi connectivity index (χ1v) is 11.1. The van der Waals surface area contributed by atoms with Crippen LogP contribution in [0, 0.1) is 0 Å². The number of ether oxygens (including phenoxy) is 2. The average Bonchev–Trinajstić information content (AvgIpc) is 3.24. The topological polar surface area (TPSA) is 84.9 Å². The summed E-state index contributed by atoms with van der Waals surface area (Å²) in [7, 11) is -0.667. The van der Waals surface area contributed by atoms with Crippen LogP contribution in [0.1, 0.15) is 15.9 Å². The maximum absolute atomic E-state index is 13.1. The van der Waals surface area contributed by atoms with E-state index in [0.717, 1.165) is 5.56 Å². The maximum atomic E-state index is 13.1. The smallest absolute Gasteiger partial charge is 0.264 e. The third-order valence-electron chi connectivity index (χ3n) is 5.20. The van der Waals surface area contributed by atoms with E-state index in [0.29, 0.717) is 41.4 Å². The third-order valence-corrected chi connectivity index (χ3v) is 7.03. The Labute approximate surface area is 181 Å². The highest BCUT2D eigenvalue weighted by Crippen LogP contribution is 2.33. The highest BCUT2D eigenvalue weighted by Gasteiger charge is 2.30. The Balaban J connectivity index is 1.55. The number of nitrogens with zero attached hydrogens (tertiary/aromatic N) is 1. The van der Waals surface area contributed by atoms with Gasteiger partial charge in [-0.1, -0.05) is 18.2 Å². The monoisotopic (exact) mass is 438 g/mol. The number of carbonyl (C=O) groups is 1. The predicted molar refractivity (Wildman–Crippen MR) is 119 cm³/mol. The lowest BCUT2D eigenvalue weighted by atomic mass is 10.2. The number of amides is 1. The van der Waals surface area contributed by atoms with Crippen LogP contribution < -0.4 is 19.1 Å². The van der Waals surface area contributed by atoms with Crippen LogP contribution in [0.3, 0.4) is 0 Å². The molecule has 160 valence electrons. The molecule has 8 heteroatoms. The van der Waals surface area contributed by atoms with Crippen LogP contribution in [0.2, 0.25) is 0 Å². The van der Waals surface area contributed by atoms with Gasteiger partial charge < -0.3 is 14.8 Å². The van der Waals surface area contributed by atoms with E-state index in [1.807, 2.05) is 24.3 Å². The minimum Gasteiger partial charge on any atom is -0.497 e. The number of para-hydroxylation sites is 1. The number of hydrogen-bond acceptors (Lipinski definition) is 5. The number of carbonyl (C=O) groups excluding carboxylic acids is 1. The summed E-state index contributed by atoms with van der Waals surface area (Å²) in [6.07, 6.45) is 0.679. The van der Waals surface area contributed by atoms with Crippen LogP contribution in [0.15, 0.2) is 71.6 Å². The molecule has 0 bridgehead atoms. The highest BCUT2D eigenvalue weighted by atomic mass is 32.2. The fourth-order valence-electron chi connectivity index (χ4n) is 3.57. The van der Waals surface area contributed by atoms with Crippen molar-refractivity contribution in [3.05, 3.63) is 77.9 Å². The quantitative estimate of drug-likeness (QED) is 0.634. The van der Waals surface area contributed by atoms with Gasteiger partial charge in [-0.15, -0.1) is 0 Å². The zero-order valence-corrected chi connectivity index (χ0v) is 18.0. The van der Waals surface area contributed by atoms with E-state index in [9.17, 15) is 13.2 Å². The first kappa shape index (κ1) is 20.7. The normalized spacial score (nSPS) is 12.9. The Hall–Kier alpha value is -3.52. The van der Waals surface area contributed by atoms with Gasteiger partial charge in [0, 0.05) is 18.2 Å². The molecule has 0 aromatic heterocycles. The van der Waals surface area contributed by atoms with E-state index in [1.54, 1.807) is 18.2 Å². The van der Waals surface area contributed by atoms with E-state index in [4.69, 9.17) is 9.47 Å². The summed E-state index contributed by atoms with van der Waals surface area (Å²) in [5.74, 6) is 0.673. The van der Waals surface area contributed by atoms with Crippen molar-refractivity contribution in [2.24, 2.45) is 0 Å². The molecular formula is C23H22N2O5S. The lowest BCUT2D eigenvalue weighted by molar-refractivity contribution is 0.102. The standard InChI is InChI=1S/C23H22N2O5S/c1-29-18-9-12-22(30-2)20(15-18)24-23(26)17-7-10-19(11-8-17)31(27,28)25-14-13-16-5-3-4-6-21(16)25/h3-12,15H,13-14H2,1-2H3,(H,24,26). The molecular weight excluding hydrogens is 416 g/mol. The molecule has 0 unspecified atom stereocenters. The Bertz CT molecular complexity index is 1220. The number of benzene rings is 3. The summed E-state index contributed by atoms with van der Waals surface area (Å²) >= 11 is 0. The Morgan fingerprint density at radius 3 is 2.42 bits per heavy atom. The van der Waals surface area contributed by atoms with E-state index in [1.165, 1.54) is 42.8 Å². The van der Waals surface area contributed by atoms with Crippen molar-refractivity contribution in [3.8, 4) is 11.5 Å². The zero-order chi connectivity index (χ0) is 22.0. The van der Waals surface area contributed by atoms with Gasteiger partial charge >= 0.3 is 0 Å². The third kappa shape index (κ3) is 3.94. The number of sulfonamides is 1. The summed E-state index contributed by atoms with van der Waals surface area (Å²) in [5, 5.41) is 2.77. The van der Waals surface area contributed by atoms with Crippen molar-refractivity contribution in [1.82, 2.24) is 0 Å². The summed E-state index contributed by atoms with van der Waals surface area (Å²) in [6.45, 7) is 0.402. The van der Waals surface area contributed by atoms with Gasteiger partial charge in [-0.3, -0.25) is 9.10 Å². The van der Waals surface area contributed by atoms with E-state index < -0.39 is 10.0 Å². The van der Waals surface area contributed by atoms with E-state index >= 15 is 0 Å². The maximum Gasteiger partial charge on any atom is 0.264 e. The van der Waals surface area contributed by atoms with Gasteiger partial charge in [0.05, 0.1) is 30.5 Å². The van der Waals surface area contributed by atoms with Gasteiger partial charge in [0.1, 0.15) is 11.5 Å². The fraction of sp³-hybridized carbons (Fsp3) is 0.174. The minimum atomic E-state index is -3.71. The Kier molecular flexibility index (Phi) is 5.56. The van der Waals surface area contributed by atoms with Crippen molar-refractivity contribution >= 4 is 27.3 Å². The van der Waals surface area contributed by atoms with Crippen LogP contribution in [0.25, 0.3) is 0 Å². The van der Waals surface area contributed by atoms with Crippen LogP contribution in [-0.4, -0.2) is 35.1 Å². The minimum absolute atomic E-state index is 0.139. The summed E-state index contributed by atoms with van der Waals surface area (Å²) in [6, 6.07) is 18.4. The average molecular weight is 439 g/mol. The number of hydrogen-bond donors (Lipinski definition) is 1. The lowest BCUT2D eigenvalue weighted by Gasteiger charge is -2.19. The van der Waals surface area contributed by atoms with E-state index in [-0.39, 0.29) is 10.8 Å². The number of rotatable bonds is 6. The summed E-state index contributed by atoms with van der Waals surface area (Å²) < 4.78 is 38.1. The lowest BCUT2D eigenvalue weighted by Crippen LogP contribution is -2.29. The second-order valence-corrected chi connectivity index (χ2v) is 8.86. The molecule has 31 heavy (non-hydrogen) atoms. The van der Waals surface area contributed by atoms with Gasteiger partial charge in [-0.05, 0) is 54.4 Å². The molecule has 1 amide bonds. The van der Waals surface area contributed by atoms with Crippen molar-refractivity contribution in [2.75, 3.05) is 30.4 Å². The number of anilines is 2. The number of fused-ring (bicyclic) bond motifs is 1. The molecule has 1 aliphatic heterocycles. The molecule has 0 fully saturated rings. The van der Waals surface area contributed by atoms with Crippen LogP contribution in [0.4, 0.5) is 11.4 Å². The Morgan fingerprint density at radius 2 is 1.71 bits per heavy atom. The second kappa shape index (κ2) is 8.31. The summed E-state index contributed by atoms with van der Waals surface area (Å²) in [4.78, 5) is 12.8. The van der Waals surface area contributed by atoms with Gasteiger partial charge in [-0.25, -0.2) is 8.42 Å². The fourth-order valence-corrected chi connectivity index (χ4v) is 5.07. The highest BCUT2D eigenvalue weighted by molar-refractivity contribution is 7.92. The molecule has 0 atom stereocenters. The molecule has 0 saturated carbocycles. The van der Waals surface area contributed by atoms with E-state index in [2.05, 4.69) is 5.32 Å². The van der Waals surface area contributed by atoms with Crippen molar-refractivity contribution in [1.29, 1.82) is 0 Å². The molecule has 1 aliphatic rings. The van der Waals surface area contributed by atoms with Gasteiger partial charge in [0.2, 0.25) is 0 Å².